The van der Waals surface area contributed by atoms with E-state index in [0.29, 0.717) is 11.7 Å². The third-order valence-electron chi connectivity index (χ3n) is 5.57. The maximum atomic E-state index is 12.5. The van der Waals surface area contributed by atoms with Gasteiger partial charge in [-0.05, 0) is 50.7 Å². The number of hydrogen-bond donors (Lipinski definition) is 0. The molecular weight excluding hydrogens is 327 g/mol. The largest absolute Gasteiger partial charge is 0.420 e. The second-order valence-electron chi connectivity index (χ2n) is 7.89. The van der Waals surface area contributed by atoms with Crippen LogP contribution < -0.4 is 0 Å². The van der Waals surface area contributed by atoms with Crippen LogP contribution in [0.1, 0.15) is 91.3 Å². The summed E-state index contributed by atoms with van der Waals surface area (Å²) in [5.74, 6) is 0.994. The Balaban J connectivity index is 1.65. The van der Waals surface area contributed by atoms with Gasteiger partial charge in [0.2, 0.25) is 0 Å². The molecule has 0 aliphatic heterocycles. The highest BCUT2D eigenvalue weighted by atomic mass is 31.1. The average molecular weight is 361 g/mol. The number of unbranched alkanes of at least 4 members (excludes halogenated alkanes) is 4. The molecule has 0 amide bonds. The molecule has 0 aromatic heterocycles. The van der Waals surface area contributed by atoms with E-state index in [1.165, 1.54) is 51.4 Å². The topological polar surface area (TPSA) is 34.1 Å². The fourth-order valence-corrected chi connectivity index (χ4v) is 5.58. The Morgan fingerprint density at radius 1 is 0.960 bits per heavy atom. The van der Waals surface area contributed by atoms with Gasteiger partial charge < -0.3 is 0 Å². The van der Waals surface area contributed by atoms with Gasteiger partial charge in [-0.15, -0.1) is 0 Å². The van der Waals surface area contributed by atoms with E-state index in [4.69, 9.17) is 0 Å². The quantitative estimate of drug-likeness (QED) is 0.329. The van der Waals surface area contributed by atoms with Crippen LogP contribution in [-0.2, 0) is 4.57 Å². The summed E-state index contributed by atoms with van der Waals surface area (Å²) in [4.78, 5) is 12.5. The zero-order valence-corrected chi connectivity index (χ0v) is 17.2. The van der Waals surface area contributed by atoms with Gasteiger partial charge in [0.25, 0.3) is 0 Å². The Kier molecular flexibility index (Phi) is 8.30. The highest BCUT2D eigenvalue weighted by Gasteiger charge is 2.31. The molecule has 0 heterocycles. The lowest BCUT2D eigenvalue weighted by atomic mass is 9.99. The van der Waals surface area contributed by atoms with Crippen molar-refractivity contribution in [2.45, 2.75) is 85.0 Å². The Morgan fingerprint density at radius 2 is 1.52 bits per heavy atom. The van der Waals surface area contributed by atoms with Crippen LogP contribution in [-0.4, -0.2) is 11.7 Å². The summed E-state index contributed by atoms with van der Waals surface area (Å²) in [6.07, 6.45) is 13.6. The standard InChI is InChI=1S/C22H34O2P/c1-17-15-18(2)21(19(3)16-17)22(23)25(24)14-10-6-4-5-7-11-20-12-8-9-13-20/h15-16,20H,4-14H2,1-3H3/q+1. The van der Waals surface area contributed by atoms with Crippen LogP contribution in [0.25, 0.3) is 0 Å². The van der Waals surface area contributed by atoms with Gasteiger partial charge >= 0.3 is 13.3 Å². The molecule has 0 N–H and O–H groups in total. The van der Waals surface area contributed by atoms with E-state index in [1.54, 1.807) is 0 Å². The van der Waals surface area contributed by atoms with Crippen molar-refractivity contribution >= 4 is 13.3 Å². The molecule has 0 spiro atoms. The van der Waals surface area contributed by atoms with Gasteiger partial charge in [0.1, 0.15) is 0 Å². The number of aryl methyl sites for hydroxylation is 3. The Bertz CT molecular complexity index is 577. The molecule has 1 aromatic carbocycles. The summed E-state index contributed by atoms with van der Waals surface area (Å²) in [6, 6.07) is 4.02. The summed E-state index contributed by atoms with van der Waals surface area (Å²) >= 11 is 0. The molecule has 3 heteroatoms. The lowest BCUT2D eigenvalue weighted by Crippen LogP contribution is -2.02. The highest BCUT2D eigenvalue weighted by Crippen LogP contribution is 2.32. The summed E-state index contributed by atoms with van der Waals surface area (Å²) in [6.45, 7) is 5.92. The van der Waals surface area contributed by atoms with Crippen LogP contribution in [0.2, 0.25) is 0 Å². The van der Waals surface area contributed by atoms with Crippen molar-refractivity contribution < 1.29 is 9.36 Å². The molecule has 2 rings (SSSR count). The Hall–Kier alpha value is -1.01. The van der Waals surface area contributed by atoms with Crippen molar-refractivity contribution in [3.63, 3.8) is 0 Å². The van der Waals surface area contributed by atoms with Crippen molar-refractivity contribution in [1.29, 1.82) is 0 Å². The van der Waals surface area contributed by atoms with Gasteiger partial charge in [-0.2, -0.15) is 0 Å². The smallest absolute Gasteiger partial charge is 0.234 e. The first-order chi connectivity index (χ1) is 12.0. The van der Waals surface area contributed by atoms with Gasteiger partial charge in [0.15, 0.2) is 6.16 Å². The van der Waals surface area contributed by atoms with Crippen LogP contribution >= 0.6 is 7.80 Å². The van der Waals surface area contributed by atoms with Crippen LogP contribution in [0.15, 0.2) is 12.1 Å². The van der Waals surface area contributed by atoms with Gasteiger partial charge in [-0.25, -0.2) is 4.79 Å². The molecule has 1 aliphatic carbocycles. The number of rotatable bonds is 10. The zero-order chi connectivity index (χ0) is 18.2. The monoisotopic (exact) mass is 361 g/mol. The average Bonchev–Trinajstić information content (AvgIpc) is 3.06. The third-order valence-corrected chi connectivity index (χ3v) is 6.96. The molecule has 1 aliphatic rings. The molecule has 1 fully saturated rings. The van der Waals surface area contributed by atoms with Gasteiger partial charge in [-0.1, -0.05) is 73.6 Å². The predicted octanol–water partition coefficient (Wildman–Crippen LogP) is 7.11. The van der Waals surface area contributed by atoms with Gasteiger partial charge in [0.05, 0.1) is 5.56 Å². The highest BCUT2D eigenvalue weighted by molar-refractivity contribution is 7.64. The van der Waals surface area contributed by atoms with Crippen molar-refractivity contribution in [3.8, 4) is 0 Å². The van der Waals surface area contributed by atoms with Crippen LogP contribution in [0, 0.1) is 26.7 Å². The number of hydrogen-bond acceptors (Lipinski definition) is 2. The van der Waals surface area contributed by atoms with Gasteiger partial charge in [-0.3, -0.25) is 0 Å². The molecule has 1 atom stereocenters. The molecule has 1 unspecified atom stereocenters. The van der Waals surface area contributed by atoms with Crippen molar-refractivity contribution in [2.24, 2.45) is 5.92 Å². The van der Waals surface area contributed by atoms with E-state index in [2.05, 4.69) is 0 Å². The zero-order valence-electron chi connectivity index (χ0n) is 16.3. The summed E-state index contributed by atoms with van der Waals surface area (Å²) in [5.41, 5.74) is 3.60. The van der Waals surface area contributed by atoms with Gasteiger partial charge in [0, 0.05) is 0 Å². The maximum absolute atomic E-state index is 12.5. The van der Waals surface area contributed by atoms with Crippen molar-refractivity contribution in [2.75, 3.05) is 6.16 Å². The molecule has 0 radical (unpaired) electrons. The molecule has 138 valence electrons. The maximum Gasteiger partial charge on any atom is 0.420 e. The SMILES string of the molecule is Cc1cc(C)c(C(=O)[P+](=O)CCCCCCCC2CCCC2)c(C)c1. The van der Waals surface area contributed by atoms with Crippen molar-refractivity contribution in [3.05, 3.63) is 34.4 Å². The van der Waals surface area contributed by atoms with E-state index in [1.807, 2.05) is 32.9 Å². The predicted molar refractivity (Wildman–Crippen MR) is 107 cm³/mol. The molecule has 1 saturated carbocycles. The molecule has 2 nitrogen and oxygen atoms in total. The lowest BCUT2D eigenvalue weighted by molar-refractivity contribution is 0.107. The summed E-state index contributed by atoms with van der Waals surface area (Å²) in [7, 11) is -1.78. The first-order valence-corrected chi connectivity index (χ1v) is 11.5. The minimum atomic E-state index is -1.78. The molecule has 25 heavy (non-hydrogen) atoms. The normalized spacial score (nSPS) is 15.6. The number of carbonyl (C=O) groups excluding carboxylic acids is 1. The second kappa shape index (κ2) is 10.2. The lowest BCUT2D eigenvalue weighted by Gasteiger charge is -2.07. The summed E-state index contributed by atoms with van der Waals surface area (Å²) < 4.78 is 12.4. The van der Waals surface area contributed by atoms with E-state index >= 15 is 0 Å². The fourth-order valence-electron chi connectivity index (χ4n) is 4.26. The Morgan fingerprint density at radius 3 is 2.16 bits per heavy atom. The first kappa shape index (κ1) is 20.3. The molecule has 0 saturated heterocycles. The van der Waals surface area contributed by atoms with Crippen LogP contribution in [0.5, 0.6) is 0 Å². The van der Waals surface area contributed by atoms with Crippen LogP contribution in [0.4, 0.5) is 0 Å². The summed E-state index contributed by atoms with van der Waals surface area (Å²) in [5, 5.41) is 0. The molecule has 1 aromatic rings. The van der Waals surface area contributed by atoms with E-state index in [9.17, 15) is 9.36 Å². The minimum Gasteiger partial charge on any atom is -0.234 e. The minimum absolute atomic E-state index is 0.147. The first-order valence-electron chi connectivity index (χ1n) is 10.1. The Labute approximate surface area is 154 Å². The second-order valence-corrected chi connectivity index (χ2v) is 9.50. The van der Waals surface area contributed by atoms with Crippen molar-refractivity contribution in [1.82, 2.24) is 0 Å². The van der Waals surface area contributed by atoms with E-state index in [0.717, 1.165) is 35.4 Å². The molecule has 0 bridgehead atoms. The van der Waals surface area contributed by atoms with E-state index < -0.39 is 7.80 Å². The third kappa shape index (κ3) is 6.33. The number of benzene rings is 1. The van der Waals surface area contributed by atoms with E-state index in [-0.39, 0.29) is 5.52 Å². The molecular formula is C22H34O2P+. The van der Waals surface area contributed by atoms with Crippen LogP contribution in [0.3, 0.4) is 0 Å². The fraction of sp³-hybridized carbons (Fsp3) is 0.682. The number of carbonyl (C=O) groups is 1.